The van der Waals surface area contributed by atoms with Crippen LogP contribution in [-0.4, -0.2) is 36.2 Å². The number of ether oxygens (including phenoxy) is 1. The molecule has 18 heavy (non-hydrogen) atoms. The molecular formula is C14H15N2OS. The quantitative estimate of drug-likeness (QED) is 0.846. The van der Waals surface area contributed by atoms with Gasteiger partial charge in [0.1, 0.15) is 5.01 Å². The summed E-state index contributed by atoms with van der Waals surface area (Å²) < 4.78 is 5.35. The SMILES string of the molecule is [c]1ccc(-c2nc(CN3CCOCC3)cs2)cc1. The summed E-state index contributed by atoms with van der Waals surface area (Å²) in [4.78, 5) is 7.09. The predicted molar refractivity (Wildman–Crippen MR) is 72.5 cm³/mol. The number of morpholine rings is 1. The van der Waals surface area contributed by atoms with Gasteiger partial charge in [-0.2, -0.15) is 0 Å². The maximum Gasteiger partial charge on any atom is 0.123 e. The number of hydrogen-bond acceptors (Lipinski definition) is 4. The van der Waals surface area contributed by atoms with Crippen LogP contribution in [0.15, 0.2) is 29.6 Å². The fourth-order valence-corrected chi connectivity index (χ4v) is 2.85. The van der Waals surface area contributed by atoms with Crippen molar-refractivity contribution in [1.82, 2.24) is 9.88 Å². The third kappa shape index (κ3) is 2.77. The molecule has 93 valence electrons. The van der Waals surface area contributed by atoms with Crippen molar-refractivity contribution in [2.75, 3.05) is 26.3 Å². The highest BCUT2D eigenvalue weighted by Gasteiger charge is 2.12. The van der Waals surface area contributed by atoms with Crippen LogP contribution >= 0.6 is 11.3 Å². The Morgan fingerprint density at radius 3 is 2.83 bits per heavy atom. The largest absolute Gasteiger partial charge is 0.379 e. The van der Waals surface area contributed by atoms with Gasteiger partial charge >= 0.3 is 0 Å². The minimum Gasteiger partial charge on any atom is -0.379 e. The van der Waals surface area contributed by atoms with Crippen LogP contribution in [0.5, 0.6) is 0 Å². The normalized spacial score (nSPS) is 16.9. The zero-order valence-corrected chi connectivity index (χ0v) is 10.9. The standard InChI is InChI=1S/C14H15N2OS/c1-2-4-12(5-3-1)14-15-13(11-18-14)10-16-6-8-17-9-7-16/h2-5,11H,6-10H2. The van der Waals surface area contributed by atoms with Crippen molar-refractivity contribution >= 4 is 11.3 Å². The molecule has 3 rings (SSSR count). The van der Waals surface area contributed by atoms with Gasteiger partial charge in [0.15, 0.2) is 0 Å². The average Bonchev–Trinajstić information content (AvgIpc) is 2.89. The molecule has 1 aromatic carbocycles. The highest BCUT2D eigenvalue weighted by molar-refractivity contribution is 7.13. The molecule has 1 radical (unpaired) electrons. The maximum atomic E-state index is 5.35. The van der Waals surface area contributed by atoms with Gasteiger partial charge in [0, 0.05) is 30.6 Å². The molecule has 0 N–H and O–H groups in total. The Morgan fingerprint density at radius 2 is 2.06 bits per heavy atom. The number of aromatic nitrogens is 1. The summed E-state index contributed by atoms with van der Waals surface area (Å²) in [6.45, 7) is 4.62. The Hall–Kier alpha value is -1.23. The van der Waals surface area contributed by atoms with Crippen LogP contribution in [0.2, 0.25) is 0 Å². The second kappa shape index (κ2) is 5.61. The minimum absolute atomic E-state index is 0.839. The Kier molecular flexibility index (Phi) is 3.69. The van der Waals surface area contributed by atoms with E-state index in [4.69, 9.17) is 9.72 Å². The molecule has 1 aliphatic heterocycles. The first-order valence-electron chi connectivity index (χ1n) is 6.13. The first kappa shape index (κ1) is 11.8. The minimum atomic E-state index is 0.839. The molecular weight excluding hydrogens is 244 g/mol. The van der Waals surface area contributed by atoms with Gasteiger partial charge < -0.3 is 4.74 Å². The highest BCUT2D eigenvalue weighted by atomic mass is 32.1. The summed E-state index contributed by atoms with van der Waals surface area (Å²) in [7, 11) is 0. The van der Waals surface area contributed by atoms with E-state index in [1.807, 2.05) is 12.1 Å². The van der Waals surface area contributed by atoms with Gasteiger partial charge in [0.2, 0.25) is 0 Å². The maximum absolute atomic E-state index is 5.35. The van der Waals surface area contributed by atoms with E-state index in [-0.39, 0.29) is 0 Å². The molecule has 4 heteroatoms. The van der Waals surface area contributed by atoms with Crippen LogP contribution < -0.4 is 0 Å². The van der Waals surface area contributed by atoms with E-state index in [0.717, 1.165) is 43.5 Å². The molecule has 0 spiro atoms. The molecule has 1 aliphatic rings. The van der Waals surface area contributed by atoms with E-state index in [2.05, 4.69) is 28.5 Å². The average molecular weight is 259 g/mol. The summed E-state index contributed by atoms with van der Waals surface area (Å²) in [6.07, 6.45) is 0. The lowest BCUT2D eigenvalue weighted by molar-refractivity contribution is 0.0337. The van der Waals surface area contributed by atoms with Crippen molar-refractivity contribution in [2.24, 2.45) is 0 Å². The van der Waals surface area contributed by atoms with Gasteiger partial charge in [0.05, 0.1) is 18.9 Å². The highest BCUT2D eigenvalue weighted by Crippen LogP contribution is 2.23. The third-order valence-electron chi connectivity index (χ3n) is 3.01. The summed E-state index contributed by atoms with van der Waals surface area (Å²) in [6, 6.07) is 11.0. The zero-order chi connectivity index (χ0) is 12.2. The number of benzene rings is 1. The van der Waals surface area contributed by atoms with Crippen LogP contribution in [0.25, 0.3) is 10.6 Å². The van der Waals surface area contributed by atoms with Crippen molar-refractivity contribution in [3.8, 4) is 10.6 Å². The predicted octanol–water partition coefficient (Wildman–Crippen LogP) is 2.44. The third-order valence-corrected chi connectivity index (χ3v) is 3.95. The molecule has 0 saturated carbocycles. The Bertz CT molecular complexity index is 492. The van der Waals surface area contributed by atoms with Crippen molar-refractivity contribution < 1.29 is 4.74 Å². The lowest BCUT2D eigenvalue weighted by atomic mass is 10.2. The zero-order valence-electron chi connectivity index (χ0n) is 10.1. The number of nitrogens with zero attached hydrogens (tertiary/aromatic N) is 2. The first-order chi connectivity index (χ1) is 8.92. The van der Waals surface area contributed by atoms with Crippen molar-refractivity contribution in [1.29, 1.82) is 0 Å². The topological polar surface area (TPSA) is 25.4 Å². The molecule has 0 amide bonds. The smallest absolute Gasteiger partial charge is 0.123 e. The van der Waals surface area contributed by atoms with Gasteiger partial charge in [-0.1, -0.05) is 24.3 Å². The fourth-order valence-electron chi connectivity index (χ4n) is 2.03. The molecule has 1 saturated heterocycles. The van der Waals surface area contributed by atoms with E-state index >= 15 is 0 Å². The van der Waals surface area contributed by atoms with E-state index in [1.54, 1.807) is 11.3 Å². The van der Waals surface area contributed by atoms with Crippen LogP contribution in [0.3, 0.4) is 0 Å². The van der Waals surface area contributed by atoms with E-state index in [9.17, 15) is 0 Å². The molecule has 1 aromatic heterocycles. The van der Waals surface area contributed by atoms with Crippen molar-refractivity contribution in [2.45, 2.75) is 6.54 Å². The molecule has 0 aliphatic carbocycles. The molecule has 2 heterocycles. The molecule has 1 fully saturated rings. The van der Waals surface area contributed by atoms with Crippen LogP contribution in [0, 0.1) is 6.07 Å². The van der Waals surface area contributed by atoms with Crippen molar-refractivity contribution in [3.05, 3.63) is 41.4 Å². The summed E-state index contributed by atoms with van der Waals surface area (Å²) in [5.41, 5.74) is 2.33. The summed E-state index contributed by atoms with van der Waals surface area (Å²) >= 11 is 1.71. The van der Waals surface area contributed by atoms with Gasteiger partial charge in [0.25, 0.3) is 0 Å². The molecule has 0 unspecified atom stereocenters. The first-order valence-corrected chi connectivity index (χ1v) is 7.01. The lowest BCUT2D eigenvalue weighted by Crippen LogP contribution is -2.35. The molecule has 0 bridgehead atoms. The second-order valence-electron chi connectivity index (χ2n) is 4.32. The Morgan fingerprint density at radius 1 is 1.28 bits per heavy atom. The van der Waals surface area contributed by atoms with Gasteiger partial charge in [-0.15, -0.1) is 11.3 Å². The molecule has 3 nitrogen and oxygen atoms in total. The molecule has 0 atom stereocenters. The van der Waals surface area contributed by atoms with Gasteiger partial charge in [-0.05, 0) is 6.07 Å². The number of hydrogen-bond donors (Lipinski definition) is 0. The lowest BCUT2D eigenvalue weighted by Gasteiger charge is -2.25. The van der Waals surface area contributed by atoms with Crippen molar-refractivity contribution in [3.63, 3.8) is 0 Å². The Labute approximate surface area is 111 Å². The van der Waals surface area contributed by atoms with E-state index in [0.29, 0.717) is 0 Å². The summed E-state index contributed by atoms with van der Waals surface area (Å²) in [5.74, 6) is 0. The fraction of sp³-hybridized carbons (Fsp3) is 0.357. The van der Waals surface area contributed by atoms with E-state index < -0.39 is 0 Å². The Balaban J connectivity index is 1.69. The number of thiazole rings is 1. The summed E-state index contributed by atoms with van der Waals surface area (Å²) in [5, 5.41) is 3.24. The number of rotatable bonds is 3. The van der Waals surface area contributed by atoms with Gasteiger partial charge in [-0.3, -0.25) is 4.90 Å². The molecule has 2 aromatic rings. The van der Waals surface area contributed by atoms with Crippen LogP contribution in [-0.2, 0) is 11.3 Å². The van der Waals surface area contributed by atoms with Crippen LogP contribution in [0.4, 0.5) is 0 Å². The van der Waals surface area contributed by atoms with E-state index in [1.165, 1.54) is 5.56 Å². The monoisotopic (exact) mass is 259 g/mol. The van der Waals surface area contributed by atoms with Gasteiger partial charge in [-0.25, -0.2) is 4.98 Å². The van der Waals surface area contributed by atoms with Crippen LogP contribution in [0.1, 0.15) is 5.69 Å². The second-order valence-corrected chi connectivity index (χ2v) is 5.18.